The Morgan fingerprint density at radius 2 is 2.09 bits per heavy atom. The van der Waals surface area contributed by atoms with Gasteiger partial charge in [-0.25, -0.2) is 4.98 Å². The number of benzene rings is 1. The SMILES string of the molecule is NC1Cc2cc(Oc3ccc(C4CC4)cn3)ccc2N(O)C1=O. The second kappa shape index (κ2) is 5.33. The zero-order chi connectivity index (χ0) is 16.0. The summed E-state index contributed by atoms with van der Waals surface area (Å²) >= 11 is 0. The lowest BCUT2D eigenvalue weighted by Gasteiger charge is -2.27. The molecule has 3 N–H and O–H groups in total. The Morgan fingerprint density at radius 3 is 2.78 bits per heavy atom. The maximum Gasteiger partial charge on any atom is 0.267 e. The van der Waals surface area contributed by atoms with Gasteiger partial charge in [0, 0.05) is 12.3 Å². The quantitative estimate of drug-likeness (QED) is 0.849. The molecule has 23 heavy (non-hydrogen) atoms. The molecule has 1 aliphatic carbocycles. The molecule has 1 atom stereocenters. The van der Waals surface area contributed by atoms with E-state index in [-0.39, 0.29) is 0 Å². The van der Waals surface area contributed by atoms with Crippen molar-refractivity contribution in [1.82, 2.24) is 4.98 Å². The summed E-state index contributed by atoms with van der Waals surface area (Å²) in [5.41, 5.74) is 8.20. The lowest BCUT2D eigenvalue weighted by atomic mass is 9.99. The molecule has 6 heteroatoms. The number of hydroxylamine groups is 1. The Bertz CT molecular complexity index is 756. The molecule has 2 heterocycles. The molecule has 0 radical (unpaired) electrons. The maximum atomic E-state index is 11.7. The number of anilines is 1. The van der Waals surface area contributed by atoms with Crippen LogP contribution < -0.4 is 15.5 Å². The number of carbonyl (C=O) groups excluding carboxylic acids is 1. The van der Waals surface area contributed by atoms with Gasteiger partial charge < -0.3 is 10.5 Å². The van der Waals surface area contributed by atoms with Crippen LogP contribution in [0.3, 0.4) is 0 Å². The third-order valence-corrected chi connectivity index (χ3v) is 4.28. The molecular formula is C17H17N3O3. The van der Waals surface area contributed by atoms with E-state index >= 15 is 0 Å². The minimum Gasteiger partial charge on any atom is -0.439 e. The van der Waals surface area contributed by atoms with Gasteiger partial charge in [0.25, 0.3) is 5.91 Å². The van der Waals surface area contributed by atoms with E-state index in [1.165, 1.54) is 18.4 Å². The van der Waals surface area contributed by atoms with Gasteiger partial charge in [-0.2, -0.15) is 5.06 Å². The molecule has 2 aromatic rings. The van der Waals surface area contributed by atoms with Gasteiger partial charge in [0.1, 0.15) is 5.75 Å². The van der Waals surface area contributed by atoms with E-state index in [9.17, 15) is 10.0 Å². The first-order valence-electron chi connectivity index (χ1n) is 7.67. The minimum atomic E-state index is -0.737. The summed E-state index contributed by atoms with van der Waals surface area (Å²) in [5.74, 6) is 1.29. The molecule has 1 fully saturated rings. The molecule has 1 saturated carbocycles. The fourth-order valence-electron chi connectivity index (χ4n) is 2.83. The van der Waals surface area contributed by atoms with Crippen molar-refractivity contribution in [3.8, 4) is 11.6 Å². The number of nitrogens with two attached hydrogens (primary N) is 1. The predicted octanol–water partition coefficient (Wildman–Crippen LogP) is 2.36. The van der Waals surface area contributed by atoms with E-state index < -0.39 is 11.9 Å². The first-order valence-corrected chi connectivity index (χ1v) is 7.67. The predicted molar refractivity (Wildman–Crippen MR) is 83.7 cm³/mol. The number of amides is 1. The summed E-state index contributed by atoms with van der Waals surface area (Å²) in [6, 6.07) is 8.29. The first kappa shape index (κ1) is 14.2. The number of rotatable bonds is 3. The molecule has 2 aliphatic rings. The molecule has 0 saturated heterocycles. The highest BCUT2D eigenvalue weighted by Crippen LogP contribution is 2.40. The van der Waals surface area contributed by atoms with Gasteiger partial charge in [-0.05, 0) is 54.5 Å². The zero-order valence-corrected chi connectivity index (χ0v) is 12.5. The number of ether oxygens (including phenoxy) is 1. The van der Waals surface area contributed by atoms with Crippen LogP contribution in [-0.4, -0.2) is 22.1 Å². The highest BCUT2D eigenvalue weighted by atomic mass is 16.5. The number of carbonyl (C=O) groups is 1. The Kier molecular flexibility index (Phi) is 3.28. The van der Waals surface area contributed by atoms with E-state index in [2.05, 4.69) is 4.98 Å². The van der Waals surface area contributed by atoms with Crippen molar-refractivity contribution in [2.45, 2.75) is 31.2 Å². The van der Waals surface area contributed by atoms with E-state index in [4.69, 9.17) is 10.5 Å². The highest BCUT2D eigenvalue weighted by Gasteiger charge is 2.30. The molecule has 1 aromatic carbocycles. The summed E-state index contributed by atoms with van der Waals surface area (Å²) in [4.78, 5) is 16.0. The molecule has 1 aromatic heterocycles. The molecule has 1 unspecified atom stereocenters. The summed E-state index contributed by atoms with van der Waals surface area (Å²) in [6.45, 7) is 0. The minimum absolute atomic E-state index is 0.372. The molecule has 4 rings (SSSR count). The van der Waals surface area contributed by atoms with Crippen LogP contribution in [0.5, 0.6) is 11.6 Å². The van der Waals surface area contributed by atoms with Crippen molar-refractivity contribution < 1.29 is 14.7 Å². The lowest BCUT2D eigenvalue weighted by Crippen LogP contribution is -2.47. The van der Waals surface area contributed by atoms with Crippen molar-refractivity contribution in [2.75, 3.05) is 5.06 Å². The molecule has 0 spiro atoms. The van der Waals surface area contributed by atoms with Gasteiger partial charge >= 0.3 is 0 Å². The normalized spacial score (nSPS) is 20.3. The van der Waals surface area contributed by atoms with Gasteiger partial charge in [0.05, 0.1) is 11.7 Å². The van der Waals surface area contributed by atoms with Crippen LogP contribution >= 0.6 is 0 Å². The Hall–Kier alpha value is -2.44. The average molecular weight is 311 g/mol. The van der Waals surface area contributed by atoms with Crippen LogP contribution in [0.1, 0.15) is 29.9 Å². The largest absolute Gasteiger partial charge is 0.439 e. The fourth-order valence-corrected chi connectivity index (χ4v) is 2.83. The van der Waals surface area contributed by atoms with Gasteiger partial charge in [-0.15, -0.1) is 0 Å². The number of fused-ring (bicyclic) bond motifs is 1. The summed E-state index contributed by atoms with van der Waals surface area (Å²) < 4.78 is 5.76. The van der Waals surface area contributed by atoms with E-state index in [0.717, 1.165) is 5.56 Å². The van der Waals surface area contributed by atoms with Gasteiger partial charge in [-0.3, -0.25) is 10.0 Å². The third-order valence-electron chi connectivity index (χ3n) is 4.28. The van der Waals surface area contributed by atoms with Gasteiger partial charge in [0.2, 0.25) is 5.88 Å². The van der Waals surface area contributed by atoms with Crippen LogP contribution in [0.2, 0.25) is 0 Å². The van der Waals surface area contributed by atoms with Crippen LogP contribution in [0.4, 0.5) is 5.69 Å². The average Bonchev–Trinajstić information content (AvgIpc) is 3.38. The third kappa shape index (κ3) is 2.67. The number of hydrogen-bond acceptors (Lipinski definition) is 5. The Balaban J connectivity index is 1.55. The molecule has 0 bridgehead atoms. The first-order chi connectivity index (χ1) is 11.1. The summed E-state index contributed by atoms with van der Waals surface area (Å²) in [5, 5.41) is 10.4. The van der Waals surface area contributed by atoms with Crippen LogP contribution in [0.15, 0.2) is 36.5 Å². The topological polar surface area (TPSA) is 88.7 Å². The molecule has 1 amide bonds. The van der Waals surface area contributed by atoms with E-state index in [1.54, 1.807) is 18.2 Å². The second-order valence-electron chi connectivity index (χ2n) is 6.06. The van der Waals surface area contributed by atoms with Crippen LogP contribution in [0.25, 0.3) is 0 Å². The molecule has 1 aliphatic heterocycles. The number of nitrogens with zero attached hydrogens (tertiary/aromatic N) is 2. The van der Waals surface area contributed by atoms with Crippen LogP contribution in [0, 0.1) is 0 Å². The standard InChI is InChI=1S/C17H17N3O3/c18-14-8-12-7-13(4-5-15(12)20(22)17(14)21)23-16-6-3-11(9-19-16)10-1-2-10/h3-7,9-10,14,22H,1-2,8,18H2. The number of hydrogen-bond donors (Lipinski definition) is 2. The molecule has 118 valence electrons. The van der Waals surface area contributed by atoms with Crippen molar-refractivity contribution in [1.29, 1.82) is 0 Å². The molecule has 6 nitrogen and oxygen atoms in total. The van der Waals surface area contributed by atoms with Gasteiger partial charge in [-0.1, -0.05) is 6.07 Å². The summed E-state index contributed by atoms with van der Waals surface area (Å²) in [7, 11) is 0. The Morgan fingerprint density at radius 1 is 1.26 bits per heavy atom. The van der Waals surface area contributed by atoms with Crippen molar-refractivity contribution in [3.63, 3.8) is 0 Å². The van der Waals surface area contributed by atoms with Gasteiger partial charge in [0.15, 0.2) is 0 Å². The fraction of sp³-hybridized carbons (Fsp3) is 0.294. The molecular weight excluding hydrogens is 294 g/mol. The van der Waals surface area contributed by atoms with E-state index in [1.807, 2.05) is 18.3 Å². The lowest BCUT2D eigenvalue weighted by molar-refractivity contribution is -0.125. The van der Waals surface area contributed by atoms with Crippen molar-refractivity contribution in [2.24, 2.45) is 5.73 Å². The number of pyridine rings is 1. The van der Waals surface area contributed by atoms with Crippen LogP contribution in [-0.2, 0) is 11.2 Å². The number of aromatic nitrogens is 1. The maximum absolute atomic E-state index is 11.7. The zero-order valence-electron chi connectivity index (χ0n) is 12.5. The highest BCUT2D eigenvalue weighted by molar-refractivity contribution is 5.98. The second-order valence-corrected chi connectivity index (χ2v) is 6.06. The smallest absolute Gasteiger partial charge is 0.267 e. The van der Waals surface area contributed by atoms with E-state index in [0.29, 0.717) is 34.7 Å². The van der Waals surface area contributed by atoms with Crippen molar-refractivity contribution >= 4 is 11.6 Å². The Labute approximate surface area is 133 Å². The summed E-state index contributed by atoms with van der Waals surface area (Å²) in [6.07, 6.45) is 4.71. The monoisotopic (exact) mass is 311 g/mol. The van der Waals surface area contributed by atoms with Crippen molar-refractivity contribution in [3.05, 3.63) is 47.7 Å².